The first-order chi connectivity index (χ1) is 9.19. The first-order valence-electron chi connectivity index (χ1n) is 5.51. The summed E-state index contributed by atoms with van der Waals surface area (Å²) in [5.41, 5.74) is 2.71. The van der Waals surface area contributed by atoms with Gasteiger partial charge in [-0.1, -0.05) is 0 Å². The zero-order chi connectivity index (χ0) is 13.4. The molecule has 0 aliphatic heterocycles. The van der Waals surface area contributed by atoms with Crippen LogP contribution in [0.5, 0.6) is 0 Å². The number of anilines is 1. The van der Waals surface area contributed by atoms with Crippen LogP contribution in [0.2, 0.25) is 0 Å². The van der Waals surface area contributed by atoms with E-state index in [4.69, 9.17) is 5.26 Å². The molecule has 0 spiro atoms. The highest BCUT2D eigenvalue weighted by molar-refractivity contribution is 5.91. The van der Waals surface area contributed by atoms with Gasteiger partial charge in [-0.05, 0) is 18.2 Å². The molecule has 0 bridgehead atoms. The lowest BCUT2D eigenvalue weighted by Crippen LogP contribution is -2.06. The van der Waals surface area contributed by atoms with Crippen LogP contribution in [-0.2, 0) is 4.79 Å². The third-order valence-electron chi connectivity index (χ3n) is 2.64. The molecule has 0 saturated carbocycles. The summed E-state index contributed by atoms with van der Waals surface area (Å²) in [6.07, 6.45) is 1.44. The molecule has 0 fully saturated rings. The van der Waals surface area contributed by atoms with Crippen molar-refractivity contribution >= 4 is 28.3 Å². The molecule has 7 nitrogen and oxygen atoms in total. The molecule has 3 rings (SSSR count). The number of benzene rings is 1. The normalized spacial score (nSPS) is 10.5. The highest BCUT2D eigenvalue weighted by Crippen LogP contribution is 2.18. The number of nitrogens with zero attached hydrogens (tertiary/aromatic N) is 5. The summed E-state index contributed by atoms with van der Waals surface area (Å²) in [7, 11) is 0. The number of carbonyl (C=O) groups is 1. The Morgan fingerprint density at radius 1 is 1.42 bits per heavy atom. The molecule has 0 radical (unpaired) electrons. The third-order valence-corrected chi connectivity index (χ3v) is 2.64. The summed E-state index contributed by atoms with van der Waals surface area (Å²) in [5.74, 6) is -0.157. The van der Waals surface area contributed by atoms with E-state index in [1.54, 1.807) is 18.2 Å². The largest absolute Gasteiger partial charge is 0.326 e. The molecule has 0 unspecified atom stereocenters. The van der Waals surface area contributed by atoms with Crippen molar-refractivity contribution in [1.82, 2.24) is 19.8 Å². The molecular formula is C12H8N6O. The van der Waals surface area contributed by atoms with Gasteiger partial charge in [0.25, 0.3) is 0 Å². The molecular weight excluding hydrogens is 244 g/mol. The van der Waals surface area contributed by atoms with E-state index < -0.39 is 0 Å². The highest BCUT2D eigenvalue weighted by Gasteiger charge is 2.09. The van der Waals surface area contributed by atoms with Gasteiger partial charge in [-0.2, -0.15) is 10.4 Å². The van der Waals surface area contributed by atoms with Crippen molar-refractivity contribution in [2.75, 3.05) is 5.32 Å². The van der Waals surface area contributed by atoms with Crippen molar-refractivity contribution in [3.05, 3.63) is 30.0 Å². The van der Waals surface area contributed by atoms with Gasteiger partial charge in [-0.25, -0.2) is 4.52 Å². The fourth-order valence-electron chi connectivity index (χ4n) is 1.85. The highest BCUT2D eigenvalue weighted by atomic mass is 16.1. The van der Waals surface area contributed by atoms with Gasteiger partial charge >= 0.3 is 0 Å². The lowest BCUT2D eigenvalue weighted by Gasteiger charge is -2.04. The maximum Gasteiger partial charge on any atom is 0.221 e. The Morgan fingerprint density at radius 2 is 2.26 bits per heavy atom. The second-order valence-corrected chi connectivity index (χ2v) is 3.99. The van der Waals surface area contributed by atoms with E-state index in [-0.39, 0.29) is 5.91 Å². The van der Waals surface area contributed by atoms with Gasteiger partial charge in [0, 0.05) is 12.6 Å². The van der Waals surface area contributed by atoms with Crippen LogP contribution in [0.15, 0.2) is 24.4 Å². The fraction of sp³-hybridized carbons (Fsp3) is 0.0833. The van der Waals surface area contributed by atoms with Crippen molar-refractivity contribution in [1.29, 1.82) is 5.26 Å². The summed E-state index contributed by atoms with van der Waals surface area (Å²) in [6, 6.07) is 7.22. The Morgan fingerprint density at radius 3 is 3.00 bits per heavy atom. The molecule has 19 heavy (non-hydrogen) atoms. The van der Waals surface area contributed by atoms with E-state index in [0.29, 0.717) is 27.9 Å². The minimum Gasteiger partial charge on any atom is -0.326 e. The smallest absolute Gasteiger partial charge is 0.221 e. The van der Waals surface area contributed by atoms with E-state index in [1.165, 1.54) is 17.6 Å². The van der Waals surface area contributed by atoms with Gasteiger partial charge in [-0.15, -0.1) is 10.2 Å². The lowest BCUT2D eigenvalue weighted by molar-refractivity contribution is -0.114. The van der Waals surface area contributed by atoms with Gasteiger partial charge in [0.2, 0.25) is 5.91 Å². The van der Waals surface area contributed by atoms with Crippen LogP contribution in [0.1, 0.15) is 12.5 Å². The molecule has 2 aromatic heterocycles. The predicted molar refractivity (Wildman–Crippen MR) is 67.3 cm³/mol. The number of nitrogens with one attached hydrogen (secondary N) is 1. The number of rotatable bonds is 1. The Hall–Kier alpha value is -3.01. The van der Waals surface area contributed by atoms with E-state index in [2.05, 4.69) is 20.6 Å². The SMILES string of the molecule is CC(=O)Nc1ccc2nnc3c(C#N)cnn3c2c1. The van der Waals surface area contributed by atoms with Crippen LogP contribution < -0.4 is 5.32 Å². The summed E-state index contributed by atoms with van der Waals surface area (Å²) < 4.78 is 1.53. The van der Waals surface area contributed by atoms with Gasteiger partial charge in [0.05, 0.1) is 11.7 Å². The molecule has 7 heteroatoms. The number of nitriles is 1. The van der Waals surface area contributed by atoms with Gasteiger partial charge in [0.1, 0.15) is 17.1 Å². The molecule has 1 N–H and O–H groups in total. The van der Waals surface area contributed by atoms with Crippen LogP contribution in [0.25, 0.3) is 16.7 Å². The summed E-state index contributed by atoms with van der Waals surface area (Å²) >= 11 is 0. The molecule has 0 aliphatic rings. The van der Waals surface area contributed by atoms with Crippen LogP contribution in [0.4, 0.5) is 5.69 Å². The molecule has 0 atom stereocenters. The summed E-state index contributed by atoms with van der Waals surface area (Å²) in [4.78, 5) is 11.1. The van der Waals surface area contributed by atoms with Gasteiger partial charge in [-0.3, -0.25) is 4.79 Å². The van der Waals surface area contributed by atoms with Crippen molar-refractivity contribution < 1.29 is 4.79 Å². The molecule has 92 valence electrons. The van der Waals surface area contributed by atoms with Crippen LogP contribution in [0.3, 0.4) is 0 Å². The molecule has 0 aliphatic carbocycles. The maximum absolute atomic E-state index is 11.1. The average molecular weight is 252 g/mol. The van der Waals surface area contributed by atoms with E-state index in [1.807, 2.05) is 6.07 Å². The quantitative estimate of drug-likeness (QED) is 0.699. The second-order valence-electron chi connectivity index (χ2n) is 3.99. The Balaban J connectivity index is 2.30. The molecule has 0 saturated heterocycles. The summed E-state index contributed by atoms with van der Waals surface area (Å²) in [6.45, 7) is 1.44. The summed E-state index contributed by atoms with van der Waals surface area (Å²) in [5, 5.41) is 23.8. The molecule has 3 aromatic rings. The van der Waals surface area contributed by atoms with Crippen molar-refractivity contribution in [3.63, 3.8) is 0 Å². The topological polar surface area (TPSA) is 96.0 Å². The van der Waals surface area contributed by atoms with E-state index >= 15 is 0 Å². The molecule has 1 amide bonds. The zero-order valence-electron chi connectivity index (χ0n) is 9.95. The average Bonchev–Trinajstić information content (AvgIpc) is 2.81. The number of hydrogen-bond acceptors (Lipinski definition) is 5. The number of aromatic nitrogens is 4. The fourth-order valence-corrected chi connectivity index (χ4v) is 1.85. The van der Waals surface area contributed by atoms with Crippen LogP contribution in [-0.4, -0.2) is 25.7 Å². The predicted octanol–water partition coefficient (Wildman–Crippen LogP) is 1.11. The standard InChI is InChI=1S/C12H8N6O/c1-7(19)15-9-2-3-10-11(4-9)18-12(17-16-10)8(5-13)6-14-18/h2-4,6H,1H3,(H,15,19). The van der Waals surface area contributed by atoms with Crippen molar-refractivity contribution in [2.45, 2.75) is 6.92 Å². The van der Waals surface area contributed by atoms with Crippen molar-refractivity contribution in [2.24, 2.45) is 0 Å². The Bertz CT molecular complexity index is 844. The van der Waals surface area contributed by atoms with Crippen molar-refractivity contribution in [3.8, 4) is 6.07 Å². The monoisotopic (exact) mass is 252 g/mol. The van der Waals surface area contributed by atoms with Crippen LogP contribution in [0, 0.1) is 11.3 Å². The Labute approximate surface area is 107 Å². The molecule has 1 aromatic carbocycles. The first-order valence-corrected chi connectivity index (χ1v) is 5.51. The molecule has 2 heterocycles. The number of hydrogen-bond donors (Lipinski definition) is 1. The van der Waals surface area contributed by atoms with Gasteiger partial charge < -0.3 is 5.32 Å². The van der Waals surface area contributed by atoms with Crippen LogP contribution >= 0.6 is 0 Å². The second kappa shape index (κ2) is 4.03. The minimum atomic E-state index is -0.157. The van der Waals surface area contributed by atoms with E-state index in [0.717, 1.165) is 0 Å². The number of fused-ring (bicyclic) bond motifs is 3. The maximum atomic E-state index is 11.1. The lowest BCUT2D eigenvalue weighted by atomic mass is 10.2. The zero-order valence-corrected chi connectivity index (χ0v) is 9.95. The Kier molecular flexibility index (Phi) is 2.35. The third kappa shape index (κ3) is 1.75. The first kappa shape index (κ1) is 11.1. The van der Waals surface area contributed by atoms with E-state index in [9.17, 15) is 4.79 Å². The van der Waals surface area contributed by atoms with Gasteiger partial charge in [0.15, 0.2) is 5.65 Å². The number of amides is 1. The minimum absolute atomic E-state index is 0.157. The number of carbonyl (C=O) groups excluding carboxylic acids is 1.